The van der Waals surface area contributed by atoms with Crippen LogP contribution in [0.3, 0.4) is 0 Å². The smallest absolute Gasteiger partial charge is 0.228 e. The van der Waals surface area contributed by atoms with E-state index in [0.29, 0.717) is 38.7 Å². The van der Waals surface area contributed by atoms with Gasteiger partial charge in [-0.1, -0.05) is 41.7 Å². The molecule has 0 unspecified atom stereocenters. The van der Waals surface area contributed by atoms with Crippen LogP contribution in [0.15, 0.2) is 22.7 Å². The van der Waals surface area contributed by atoms with Gasteiger partial charge in [0.1, 0.15) is 17.0 Å². The molecule has 0 bridgehead atoms. The first-order chi connectivity index (χ1) is 12.6. The van der Waals surface area contributed by atoms with Crippen LogP contribution in [-0.2, 0) is 0 Å². The molecule has 4 rings (SSSR count). The number of hydrogen-bond acceptors (Lipinski definition) is 5. The van der Waals surface area contributed by atoms with Crippen LogP contribution in [0, 0.1) is 6.92 Å². The maximum atomic E-state index is 6.37. The molecule has 3 aromatic rings. The SMILES string of the molecule is CCCCN(c1nc(C)nc2c(-c3ccc(Cl)cc3Cl)noc12)C1CC1. The Morgan fingerprint density at radius 3 is 2.73 bits per heavy atom. The molecule has 7 heteroatoms. The largest absolute Gasteiger partial charge is 0.350 e. The van der Waals surface area contributed by atoms with Crippen LogP contribution in [-0.4, -0.2) is 27.7 Å². The maximum Gasteiger partial charge on any atom is 0.228 e. The van der Waals surface area contributed by atoms with E-state index < -0.39 is 0 Å². The standard InChI is InChI=1S/C19H20Cl2N4O/c1-3-4-9-25(13-6-7-13)19-18-17(22-11(2)23-19)16(24-26-18)14-8-5-12(20)10-15(14)21/h5,8,10,13H,3-4,6-7,9H2,1-2H3. The molecule has 0 radical (unpaired) electrons. The molecule has 26 heavy (non-hydrogen) atoms. The summed E-state index contributed by atoms with van der Waals surface area (Å²) in [6.07, 6.45) is 4.64. The molecule has 136 valence electrons. The van der Waals surface area contributed by atoms with Gasteiger partial charge in [0.05, 0.1) is 5.02 Å². The number of aromatic nitrogens is 3. The molecule has 1 fully saturated rings. The zero-order valence-electron chi connectivity index (χ0n) is 14.8. The number of benzene rings is 1. The highest BCUT2D eigenvalue weighted by atomic mass is 35.5. The number of rotatable bonds is 6. The first-order valence-corrected chi connectivity index (χ1v) is 9.70. The van der Waals surface area contributed by atoms with Crippen molar-refractivity contribution < 1.29 is 4.52 Å². The second-order valence-corrected chi connectivity index (χ2v) is 7.55. The molecule has 0 aliphatic heterocycles. The number of aryl methyl sites for hydroxylation is 1. The monoisotopic (exact) mass is 390 g/mol. The van der Waals surface area contributed by atoms with Gasteiger partial charge in [0.25, 0.3) is 0 Å². The van der Waals surface area contributed by atoms with Gasteiger partial charge in [0.2, 0.25) is 5.58 Å². The number of fused-ring (bicyclic) bond motifs is 1. The van der Waals surface area contributed by atoms with E-state index in [0.717, 1.165) is 30.8 Å². The van der Waals surface area contributed by atoms with Crippen molar-refractivity contribution in [2.75, 3.05) is 11.4 Å². The lowest BCUT2D eigenvalue weighted by Crippen LogP contribution is -2.28. The van der Waals surface area contributed by atoms with Crippen LogP contribution in [0.5, 0.6) is 0 Å². The van der Waals surface area contributed by atoms with Crippen molar-refractivity contribution >= 4 is 40.1 Å². The molecule has 0 amide bonds. The Labute approximate surface area is 162 Å². The topological polar surface area (TPSA) is 55.1 Å². The zero-order valence-corrected chi connectivity index (χ0v) is 16.3. The summed E-state index contributed by atoms with van der Waals surface area (Å²) < 4.78 is 5.71. The summed E-state index contributed by atoms with van der Waals surface area (Å²) in [6.45, 7) is 5.06. The van der Waals surface area contributed by atoms with Gasteiger partial charge in [-0.3, -0.25) is 0 Å². The van der Waals surface area contributed by atoms with E-state index >= 15 is 0 Å². The third kappa shape index (κ3) is 3.26. The average Bonchev–Trinajstić information content (AvgIpc) is 3.35. The quantitative estimate of drug-likeness (QED) is 0.542. The molecule has 1 saturated carbocycles. The van der Waals surface area contributed by atoms with Crippen molar-refractivity contribution in [1.82, 2.24) is 15.1 Å². The average molecular weight is 391 g/mol. The van der Waals surface area contributed by atoms with Crippen molar-refractivity contribution in [3.8, 4) is 11.3 Å². The molecule has 0 atom stereocenters. The van der Waals surface area contributed by atoms with Gasteiger partial charge in [-0.25, -0.2) is 9.97 Å². The number of halogens is 2. The molecular weight excluding hydrogens is 371 g/mol. The normalized spacial score (nSPS) is 14.2. The van der Waals surface area contributed by atoms with Gasteiger partial charge in [-0.15, -0.1) is 0 Å². The van der Waals surface area contributed by atoms with Gasteiger partial charge in [0, 0.05) is 23.2 Å². The number of anilines is 1. The molecule has 0 saturated heterocycles. The molecule has 2 heterocycles. The summed E-state index contributed by atoms with van der Waals surface area (Å²) >= 11 is 12.4. The van der Waals surface area contributed by atoms with Gasteiger partial charge in [0.15, 0.2) is 5.82 Å². The van der Waals surface area contributed by atoms with Gasteiger partial charge in [-0.05, 0) is 44.4 Å². The fourth-order valence-corrected chi connectivity index (χ4v) is 3.65. The van der Waals surface area contributed by atoms with E-state index in [4.69, 9.17) is 27.7 Å². The minimum atomic E-state index is 0.524. The molecule has 2 aromatic heterocycles. The van der Waals surface area contributed by atoms with E-state index in [9.17, 15) is 0 Å². The summed E-state index contributed by atoms with van der Waals surface area (Å²) in [5, 5.41) is 5.37. The predicted octanol–water partition coefficient (Wildman–Crippen LogP) is 5.67. The Balaban J connectivity index is 1.85. The van der Waals surface area contributed by atoms with Crippen LogP contribution in [0.4, 0.5) is 5.82 Å². The van der Waals surface area contributed by atoms with Gasteiger partial charge >= 0.3 is 0 Å². The molecule has 1 aliphatic carbocycles. The highest BCUT2D eigenvalue weighted by molar-refractivity contribution is 6.36. The Hall–Kier alpha value is -1.85. The molecular formula is C19H20Cl2N4O. The third-order valence-corrected chi connectivity index (χ3v) is 5.16. The fraction of sp³-hybridized carbons (Fsp3) is 0.421. The first-order valence-electron chi connectivity index (χ1n) is 8.94. The Morgan fingerprint density at radius 2 is 2.04 bits per heavy atom. The zero-order chi connectivity index (χ0) is 18.3. The summed E-state index contributed by atoms with van der Waals surface area (Å²) in [5.74, 6) is 1.54. The highest BCUT2D eigenvalue weighted by Gasteiger charge is 2.32. The van der Waals surface area contributed by atoms with Crippen LogP contribution in [0.1, 0.15) is 38.4 Å². The molecule has 0 spiro atoms. The van der Waals surface area contributed by atoms with Gasteiger partial charge in [-0.2, -0.15) is 0 Å². The number of hydrogen-bond donors (Lipinski definition) is 0. The fourth-order valence-electron chi connectivity index (χ4n) is 3.16. The first kappa shape index (κ1) is 17.6. The molecule has 5 nitrogen and oxygen atoms in total. The molecule has 1 aliphatic rings. The Kier molecular flexibility index (Phi) is 4.76. The second-order valence-electron chi connectivity index (χ2n) is 6.71. The summed E-state index contributed by atoms with van der Waals surface area (Å²) in [6, 6.07) is 5.86. The van der Waals surface area contributed by atoms with Crippen LogP contribution >= 0.6 is 23.2 Å². The lowest BCUT2D eigenvalue weighted by Gasteiger charge is -2.23. The maximum absolute atomic E-state index is 6.37. The van der Waals surface area contributed by atoms with E-state index in [1.807, 2.05) is 13.0 Å². The van der Waals surface area contributed by atoms with Crippen molar-refractivity contribution in [3.63, 3.8) is 0 Å². The minimum Gasteiger partial charge on any atom is -0.350 e. The second kappa shape index (κ2) is 7.05. The Bertz CT molecular complexity index is 952. The van der Waals surface area contributed by atoms with Crippen LogP contribution < -0.4 is 4.90 Å². The lowest BCUT2D eigenvalue weighted by molar-refractivity contribution is 0.457. The Morgan fingerprint density at radius 1 is 1.23 bits per heavy atom. The van der Waals surface area contributed by atoms with E-state index in [2.05, 4.69) is 26.9 Å². The molecule has 0 N–H and O–H groups in total. The highest BCUT2D eigenvalue weighted by Crippen LogP contribution is 2.39. The summed E-state index contributed by atoms with van der Waals surface area (Å²) in [5.41, 5.74) is 2.70. The van der Waals surface area contributed by atoms with E-state index in [1.165, 1.54) is 12.8 Å². The van der Waals surface area contributed by atoms with Crippen molar-refractivity contribution in [2.45, 2.75) is 45.6 Å². The predicted molar refractivity (Wildman–Crippen MR) is 105 cm³/mol. The van der Waals surface area contributed by atoms with Crippen LogP contribution in [0.2, 0.25) is 10.0 Å². The minimum absolute atomic E-state index is 0.524. The van der Waals surface area contributed by atoms with Crippen molar-refractivity contribution in [2.24, 2.45) is 0 Å². The lowest BCUT2D eigenvalue weighted by atomic mass is 10.1. The van der Waals surface area contributed by atoms with Crippen LogP contribution in [0.25, 0.3) is 22.4 Å². The summed E-state index contributed by atoms with van der Waals surface area (Å²) in [7, 11) is 0. The number of unbranched alkanes of at least 4 members (excludes halogenated alkanes) is 1. The summed E-state index contributed by atoms with van der Waals surface area (Å²) in [4.78, 5) is 11.6. The van der Waals surface area contributed by atoms with E-state index in [-0.39, 0.29) is 0 Å². The third-order valence-electron chi connectivity index (χ3n) is 4.61. The molecule has 1 aromatic carbocycles. The van der Waals surface area contributed by atoms with E-state index in [1.54, 1.807) is 12.1 Å². The van der Waals surface area contributed by atoms with Crippen molar-refractivity contribution in [1.29, 1.82) is 0 Å². The number of nitrogens with zero attached hydrogens (tertiary/aromatic N) is 4. The van der Waals surface area contributed by atoms with Crippen molar-refractivity contribution in [3.05, 3.63) is 34.1 Å². The van der Waals surface area contributed by atoms with Gasteiger partial charge < -0.3 is 9.42 Å².